The molecule has 1 aromatic heterocycles. The van der Waals surface area contributed by atoms with E-state index in [9.17, 15) is 9.18 Å². The van der Waals surface area contributed by atoms with E-state index in [4.69, 9.17) is 34.8 Å². The summed E-state index contributed by atoms with van der Waals surface area (Å²) in [4.78, 5) is 17.1. The average molecular weight is 462 g/mol. The standard InChI is InChI=1S/C21H12Cl3FN4O/c22-13-3-8-16(9-4-13)29-20(12-1-5-14(25)6-2-12)27-19(28-29)21(30)26-15-7-10-17(23)18(24)11-15/h1-11H,(H,26,30). The van der Waals surface area contributed by atoms with Crippen molar-refractivity contribution in [3.63, 3.8) is 0 Å². The van der Waals surface area contributed by atoms with E-state index in [-0.39, 0.29) is 11.6 Å². The predicted octanol–water partition coefficient (Wildman–Crippen LogP) is 6.29. The summed E-state index contributed by atoms with van der Waals surface area (Å²) in [6, 6.07) is 17.3. The molecule has 0 atom stereocenters. The number of aromatic nitrogens is 3. The third kappa shape index (κ3) is 4.31. The highest BCUT2D eigenvalue weighted by molar-refractivity contribution is 6.42. The number of rotatable bonds is 4. The van der Waals surface area contributed by atoms with E-state index in [0.717, 1.165) is 0 Å². The topological polar surface area (TPSA) is 59.8 Å². The normalized spacial score (nSPS) is 10.8. The third-order valence-electron chi connectivity index (χ3n) is 4.16. The maximum atomic E-state index is 13.4. The molecule has 0 aliphatic carbocycles. The molecule has 30 heavy (non-hydrogen) atoms. The van der Waals surface area contributed by atoms with Crippen LogP contribution in [0, 0.1) is 5.82 Å². The summed E-state index contributed by atoms with van der Waals surface area (Å²) in [5, 5.41) is 8.26. The van der Waals surface area contributed by atoms with Crippen LogP contribution in [0.4, 0.5) is 10.1 Å². The average Bonchev–Trinajstić information content (AvgIpc) is 3.17. The molecule has 150 valence electrons. The number of halogens is 4. The number of hydrogen-bond donors (Lipinski definition) is 1. The lowest BCUT2D eigenvalue weighted by Crippen LogP contribution is -2.14. The van der Waals surface area contributed by atoms with Gasteiger partial charge in [-0.1, -0.05) is 34.8 Å². The maximum Gasteiger partial charge on any atom is 0.295 e. The fourth-order valence-electron chi connectivity index (χ4n) is 2.72. The van der Waals surface area contributed by atoms with E-state index in [1.165, 1.54) is 22.9 Å². The Kier molecular flexibility index (Phi) is 5.72. The van der Waals surface area contributed by atoms with Crippen molar-refractivity contribution in [2.24, 2.45) is 0 Å². The highest BCUT2D eigenvalue weighted by Crippen LogP contribution is 2.26. The van der Waals surface area contributed by atoms with Gasteiger partial charge in [-0.3, -0.25) is 4.79 Å². The van der Waals surface area contributed by atoms with Crippen LogP contribution in [-0.2, 0) is 0 Å². The second kappa shape index (κ2) is 8.44. The molecule has 0 saturated carbocycles. The molecule has 4 aromatic rings. The van der Waals surface area contributed by atoms with Crippen LogP contribution in [-0.4, -0.2) is 20.7 Å². The summed E-state index contributed by atoms with van der Waals surface area (Å²) in [5.74, 6) is -0.620. The summed E-state index contributed by atoms with van der Waals surface area (Å²) in [7, 11) is 0. The number of nitrogens with zero attached hydrogens (tertiary/aromatic N) is 3. The number of hydrogen-bond acceptors (Lipinski definition) is 3. The zero-order valence-corrected chi connectivity index (χ0v) is 17.4. The van der Waals surface area contributed by atoms with Gasteiger partial charge in [-0.05, 0) is 66.7 Å². The van der Waals surface area contributed by atoms with Crippen LogP contribution in [0.1, 0.15) is 10.6 Å². The van der Waals surface area contributed by atoms with Crippen molar-refractivity contribution in [2.75, 3.05) is 5.32 Å². The monoisotopic (exact) mass is 460 g/mol. The zero-order chi connectivity index (χ0) is 21.3. The summed E-state index contributed by atoms with van der Waals surface area (Å²) in [5.41, 5.74) is 1.67. The fraction of sp³-hybridized carbons (Fsp3) is 0. The van der Waals surface area contributed by atoms with E-state index in [0.29, 0.717) is 37.8 Å². The smallest absolute Gasteiger partial charge is 0.295 e. The molecule has 5 nitrogen and oxygen atoms in total. The third-order valence-corrected chi connectivity index (χ3v) is 5.15. The van der Waals surface area contributed by atoms with Gasteiger partial charge in [-0.25, -0.2) is 14.1 Å². The molecule has 0 unspecified atom stereocenters. The second-order valence-corrected chi connectivity index (χ2v) is 7.49. The Morgan fingerprint density at radius 3 is 2.27 bits per heavy atom. The number of carbonyl (C=O) groups excluding carboxylic acids is 1. The van der Waals surface area contributed by atoms with E-state index in [2.05, 4.69) is 15.4 Å². The van der Waals surface area contributed by atoms with Crippen LogP contribution in [0.15, 0.2) is 66.7 Å². The maximum absolute atomic E-state index is 13.4. The van der Waals surface area contributed by atoms with Crippen molar-refractivity contribution in [1.82, 2.24) is 14.8 Å². The minimum atomic E-state index is -0.538. The Labute approximate surface area is 186 Å². The van der Waals surface area contributed by atoms with Crippen LogP contribution in [0.3, 0.4) is 0 Å². The lowest BCUT2D eigenvalue weighted by atomic mass is 10.2. The zero-order valence-electron chi connectivity index (χ0n) is 15.1. The number of anilines is 1. The van der Waals surface area contributed by atoms with Gasteiger partial charge in [-0.2, -0.15) is 0 Å². The van der Waals surface area contributed by atoms with Crippen molar-refractivity contribution in [1.29, 1.82) is 0 Å². The van der Waals surface area contributed by atoms with Crippen molar-refractivity contribution in [3.8, 4) is 17.1 Å². The minimum absolute atomic E-state index is 0.0738. The largest absolute Gasteiger partial charge is 0.319 e. The highest BCUT2D eigenvalue weighted by Gasteiger charge is 2.19. The predicted molar refractivity (Wildman–Crippen MR) is 116 cm³/mol. The van der Waals surface area contributed by atoms with Gasteiger partial charge in [0.05, 0.1) is 15.7 Å². The van der Waals surface area contributed by atoms with Crippen molar-refractivity contribution in [2.45, 2.75) is 0 Å². The van der Waals surface area contributed by atoms with Crippen LogP contribution >= 0.6 is 34.8 Å². The molecule has 4 rings (SSSR count). The molecule has 9 heteroatoms. The SMILES string of the molecule is O=C(Nc1ccc(Cl)c(Cl)c1)c1nc(-c2ccc(F)cc2)n(-c2ccc(Cl)cc2)n1. The molecule has 1 amide bonds. The number of carbonyl (C=O) groups is 1. The molecule has 1 heterocycles. The molecule has 0 bridgehead atoms. The van der Waals surface area contributed by atoms with Crippen molar-refractivity contribution >= 4 is 46.4 Å². The van der Waals surface area contributed by atoms with Crippen molar-refractivity contribution < 1.29 is 9.18 Å². The quantitative estimate of drug-likeness (QED) is 0.389. The highest BCUT2D eigenvalue weighted by atomic mass is 35.5. The van der Waals surface area contributed by atoms with Crippen LogP contribution in [0.5, 0.6) is 0 Å². The van der Waals surface area contributed by atoms with Crippen LogP contribution in [0.2, 0.25) is 15.1 Å². The van der Waals surface area contributed by atoms with E-state index in [1.807, 2.05) is 0 Å². The first-order chi connectivity index (χ1) is 14.4. The lowest BCUT2D eigenvalue weighted by molar-refractivity contribution is 0.101. The minimum Gasteiger partial charge on any atom is -0.319 e. The Bertz CT molecular complexity index is 1160. The van der Waals surface area contributed by atoms with Gasteiger partial charge >= 0.3 is 0 Å². The lowest BCUT2D eigenvalue weighted by Gasteiger charge is -2.06. The van der Waals surface area contributed by atoms with Gasteiger partial charge in [0.2, 0.25) is 5.82 Å². The van der Waals surface area contributed by atoms with Gasteiger partial charge in [0.15, 0.2) is 5.82 Å². The Balaban J connectivity index is 1.74. The van der Waals surface area contributed by atoms with Gasteiger partial charge in [0, 0.05) is 16.3 Å². The van der Waals surface area contributed by atoms with Gasteiger partial charge in [0.25, 0.3) is 5.91 Å². The molecule has 0 spiro atoms. The number of nitrogens with one attached hydrogen (secondary N) is 1. The van der Waals surface area contributed by atoms with E-state index >= 15 is 0 Å². The summed E-state index contributed by atoms with van der Waals surface area (Å²) in [6.07, 6.45) is 0. The summed E-state index contributed by atoms with van der Waals surface area (Å²) in [6.45, 7) is 0. The van der Waals surface area contributed by atoms with E-state index in [1.54, 1.807) is 48.5 Å². The fourth-order valence-corrected chi connectivity index (χ4v) is 3.14. The molecular weight excluding hydrogens is 450 g/mol. The molecule has 0 aliphatic rings. The first-order valence-electron chi connectivity index (χ1n) is 8.66. The van der Waals surface area contributed by atoms with Crippen molar-refractivity contribution in [3.05, 3.63) is 93.4 Å². The number of benzene rings is 3. The van der Waals surface area contributed by atoms with Crippen LogP contribution < -0.4 is 5.32 Å². The van der Waals surface area contributed by atoms with Gasteiger partial charge in [0.1, 0.15) is 5.82 Å². The Morgan fingerprint density at radius 1 is 0.900 bits per heavy atom. The first-order valence-corrected chi connectivity index (χ1v) is 9.79. The molecular formula is C21H12Cl3FN4O. The first kappa shape index (κ1) is 20.3. The second-order valence-electron chi connectivity index (χ2n) is 6.24. The van der Waals surface area contributed by atoms with Gasteiger partial charge in [-0.15, -0.1) is 5.10 Å². The molecule has 3 aromatic carbocycles. The molecule has 0 aliphatic heterocycles. The van der Waals surface area contributed by atoms with E-state index < -0.39 is 5.91 Å². The Hall–Kier alpha value is -2.93. The van der Waals surface area contributed by atoms with Gasteiger partial charge < -0.3 is 5.32 Å². The summed E-state index contributed by atoms with van der Waals surface area (Å²) < 4.78 is 14.9. The molecule has 0 saturated heterocycles. The summed E-state index contributed by atoms with van der Waals surface area (Å²) >= 11 is 17.9. The molecule has 0 fully saturated rings. The number of amides is 1. The Morgan fingerprint density at radius 2 is 1.60 bits per heavy atom. The molecule has 1 N–H and O–H groups in total. The molecule has 0 radical (unpaired) electrons. The van der Waals surface area contributed by atoms with Crippen LogP contribution in [0.25, 0.3) is 17.1 Å².